The molecule has 0 radical (unpaired) electrons. The summed E-state index contributed by atoms with van der Waals surface area (Å²) in [7, 11) is 3.66. The quantitative estimate of drug-likeness (QED) is 0.719. The minimum Gasteiger partial charge on any atom is -0.486 e. The minimum absolute atomic E-state index is 0. The molecule has 2 aromatic rings. The number of aryl methyl sites for hydroxylation is 1. The topological polar surface area (TPSA) is 63.1 Å². The molecule has 0 amide bonds. The SMILES string of the molecule is CN(CCN1CCN(c2cccc3c2OCCO3)CC1)c1cnn(C)c(=O)c1.Cl. The van der Waals surface area contributed by atoms with E-state index in [1.165, 1.54) is 4.68 Å². The van der Waals surface area contributed by atoms with Crippen LogP contribution in [0.5, 0.6) is 11.5 Å². The van der Waals surface area contributed by atoms with Gasteiger partial charge in [-0.1, -0.05) is 6.07 Å². The number of benzene rings is 1. The smallest absolute Gasteiger partial charge is 0.268 e. The molecule has 0 aliphatic carbocycles. The van der Waals surface area contributed by atoms with Crippen molar-refractivity contribution in [3.05, 3.63) is 40.8 Å². The van der Waals surface area contributed by atoms with Crippen LogP contribution in [0.3, 0.4) is 0 Å². The Morgan fingerprint density at radius 3 is 2.66 bits per heavy atom. The van der Waals surface area contributed by atoms with Crippen LogP contribution in [-0.4, -0.2) is 74.2 Å². The van der Waals surface area contributed by atoms with E-state index in [9.17, 15) is 4.79 Å². The zero-order chi connectivity index (χ0) is 19.5. The summed E-state index contributed by atoms with van der Waals surface area (Å²) in [4.78, 5) is 18.7. The maximum atomic E-state index is 11.8. The van der Waals surface area contributed by atoms with Gasteiger partial charge in [0.25, 0.3) is 5.56 Å². The van der Waals surface area contributed by atoms with Gasteiger partial charge in [-0.25, -0.2) is 4.68 Å². The van der Waals surface area contributed by atoms with Gasteiger partial charge in [0, 0.05) is 59.4 Å². The van der Waals surface area contributed by atoms with E-state index >= 15 is 0 Å². The molecule has 0 unspecified atom stereocenters. The molecular weight excluding hydrogens is 394 g/mol. The van der Waals surface area contributed by atoms with Crippen molar-refractivity contribution in [2.45, 2.75) is 0 Å². The molecule has 8 nitrogen and oxygen atoms in total. The minimum atomic E-state index is -0.0876. The van der Waals surface area contributed by atoms with Gasteiger partial charge < -0.3 is 19.3 Å². The van der Waals surface area contributed by atoms with Gasteiger partial charge in [0.1, 0.15) is 13.2 Å². The van der Waals surface area contributed by atoms with Gasteiger partial charge >= 0.3 is 0 Å². The van der Waals surface area contributed by atoms with Gasteiger partial charge in [0.05, 0.1) is 17.6 Å². The number of nitrogens with zero attached hydrogens (tertiary/aromatic N) is 5. The van der Waals surface area contributed by atoms with Crippen LogP contribution in [0.25, 0.3) is 0 Å². The van der Waals surface area contributed by atoms with Crippen LogP contribution in [0.15, 0.2) is 35.3 Å². The van der Waals surface area contributed by atoms with E-state index in [-0.39, 0.29) is 18.0 Å². The Bertz CT molecular complexity index is 883. The molecular formula is C20H28ClN5O3. The van der Waals surface area contributed by atoms with Crippen LogP contribution in [0.1, 0.15) is 0 Å². The van der Waals surface area contributed by atoms with Crippen LogP contribution in [-0.2, 0) is 7.05 Å². The molecule has 1 aromatic carbocycles. The number of hydrogen-bond acceptors (Lipinski definition) is 7. The fourth-order valence-corrected chi connectivity index (χ4v) is 3.61. The first-order chi connectivity index (χ1) is 13.6. The first kappa shape index (κ1) is 21.3. The number of rotatable bonds is 5. The molecule has 3 heterocycles. The maximum Gasteiger partial charge on any atom is 0.268 e. The van der Waals surface area contributed by atoms with Crippen molar-refractivity contribution < 1.29 is 9.47 Å². The van der Waals surface area contributed by atoms with E-state index in [0.717, 1.165) is 62.1 Å². The van der Waals surface area contributed by atoms with Crippen molar-refractivity contribution in [1.82, 2.24) is 14.7 Å². The molecule has 1 saturated heterocycles. The summed E-state index contributed by atoms with van der Waals surface area (Å²) in [6, 6.07) is 7.74. The number of hydrogen-bond donors (Lipinski definition) is 0. The molecule has 0 atom stereocenters. The zero-order valence-corrected chi connectivity index (χ0v) is 17.7. The molecule has 9 heteroatoms. The summed E-state index contributed by atoms with van der Waals surface area (Å²) in [5, 5.41) is 4.09. The fourth-order valence-electron chi connectivity index (χ4n) is 3.61. The lowest BCUT2D eigenvalue weighted by Crippen LogP contribution is -2.48. The average molecular weight is 422 g/mol. The van der Waals surface area contributed by atoms with Crippen molar-refractivity contribution in [3.63, 3.8) is 0 Å². The summed E-state index contributed by atoms with van der Waals surface area (Å²) < 4.78 is 12.9. The van der Waals surface area contributed by atoms with Crippen LogP contribution in [0.2, 0.25) is 0 Å². The predicted molar refractivity (Wildman–Crippen MR) is 116 cm³/mol. The fraction of sp³-hybridized carbons (Fsp3) is 0.500. The number of anilines is 2. The number of piperazine rings is 1. The summed E-state index contributed by atoms with van der Waals surface area (Å²) in [6.07, 6.45) is 1.74. The number of aromatic nitrogens is 2. The summed E-state index contributed by atoms with van der Waals surface area (Å²) >= 11 is 0. The predicted octanol–water partition coefficient (Wildman–Crippen LogP) is 1.23. The van der Waals surface area contributed by atoms with Gasteiger partial charge in [0.15, 0.2) is 11.5 Å². The van der Waals surface area contributed by atoms with E-state index < -0.39 is 0 Å². The van der Waals surface area contributed by atoms with Crippen LogP contribution in [0.4, 0.5) is 11.4 Å². The van der Waals surface area contributed by atoms with Crippen LogP contribution in [0, 0.1) is 0 Å². The highest BCUT2D eigenvalue weighted by Crippen LogP contribution is 2.39. The second kappa shape index (κ2) is 9.37. The molecule has 2 aliphatic rings. The summed E-state index contributed by atoms with van der Waals surface area (Å²) in [6.45, 7) is 6.92. The third-order valence-corrected chi connectivity index (χ3v) is 5.40. The van der Waals surface area contributed by atoms with E-state index in [1.807, 2.05) is 19.2 Å². The highest BCUT2D eigenvalue weighted by molar-refractivity contribution is 5.85. The van der Waals surface area contributed by atoms with Gasteiger partial charge in [-0.05, 0) is 12.1 Å². The second-order valence-corrected chi connectivity index (χ2v) is 7.23. The van der Waals surface area contributed by atoms with Gasteiger partial charge in [-0.15, -0.1) is 12.4 Å². The third-order valence-electron chi connectivity index (χ3n) is 5.40. The van der Waals surface area contributed by atoms with E-state index in [4.69, 9.17) is 9.47 Å². The number of halogens is 1. The average Bonchev–Trinajstić information content (AvgIpc) is 2.74. The second-order valence-electron chi connectivity index (χ2n) is 7.23. The first-order valence-electron chi connectivity index (χ1n) is 9.72. The Morgan fingerprint density at radius 2 is 1.90 bits per heavy atom. The molecule has 0 saturated carbocycles. The zero-order valence-electron chi connectivity index (χ0n) is 16.9. The molecule has 1 aromatic heterocycles. The first-order valence-corrected chi connectivity index (χ1v) is 9.72. The highest BCUT2D eigenvalue weighted by Gasteiger charge is 2.23. The Kier molecular flexibility index (Phi) is 6.87. The monoisotopic (exact) mass is 421 g/mol. The molecule has 29 heavy (non-hydrogen) atoms. The summed E-state index contributed by atoms with van der Waals surface area (Å²) in [5.74, 6) is 1.72. The number of fused-ring (bicyclic) bond motifs is 1. The van der Waals surface area contributed by atoms with Crippen molar-refractivity contribution in [2.75, 3.05) is 69.3 Å². The Morgan fingerprint density at radius 1 is 1.14 bits per heavy atom. The third kappa shape index (κ3) is 4.76. The molecule has 4 rings (SSSR count). The van der Waals surface area contributed by atoms with Crippen LogP contribution >= 0.6 is 12.4 Å². The molecule has 1 fully saturated rings. The van der Waals surface area contributed by atoms with Crippen molar-refractivity contribution in [1.29, 1.82) is 0 Å². The lowest BCUT2D eigenvalue weighted by Gasteiger charge is -2.38. The van der Waals surface area contributed by atoms with E-state index in [2.05, 4.69) is 25.9 Å². The molecule has 2 aliphatic heterocycles. The normalized spacial score (nSPS) is 16.3. The largest absolute Gasteiger partial charge is 0.486 e. The standard InChI is InChI=1S/C20H27N5O3.ClH/c1-22(16-14-19(26)23(2)21-15-16)6-7-24-8-10-25(11-9-24)17-4-3-5-18-20(17)28-13-12-27-18;/h3-5,14-15H,6-13H2,1-2H3;1H. The lowest BCUT2D eigenvalue weighted by molar-refractivity contribution is 0.171. The highest BCUT2D eigenvalue weighted by atomic mass is 35.5. The molecule has 0 bridgehead atoms. The van der Waals surface area contributed by atoms with E-state index in [0.29, 0.717) is 13.2 Å². The van der Waals surface area contributed by atoms with Crippen molar-refractivity contribution in [2.24, 2.45) is 7.05 Å². The molecule has 0 spiro atoms. The number of ether oxygens (including phenoxy) is 2. The Labute approximate surface area is 177 Å². The van der Waals surface area contributed by atoms with Gasteiger partial charge in [-0.3, -0.25) is 9.69 Å². The van der Waals surface area contributed by atoms with Crippen molar-refractivity contribution >= 4 is 23.8 Å². The molecule has 0 N–H and O–H groups in total. The van der Waals surface area contributed by atoms with Crippen LogP contribution < -0.4 is 24.8 Å². The summed E-state index contributed by atoms with van der Waals surface area (Å²) in [5.41, 5.74) is 1.89. The Balaban J connectivity index is 0.00000240. The number of para-hydroxylation sites is 1. The Hall–Kier alpha value is -2.45. The molecule has 158 valence electrons. The number of likely N-dealkylation sites (N-methyl/N-ethyl adjacent to an activating group) is 1. The maximum absolute atomic E-state index is 11.8. The van der Waals surface area contributed by atoms with Gasteiger partial charge in [-0.2, -0.15) is 5.10 Å². The van der Waals surface area contributed by atoms with E-state index in [1.54, 1.807) is 19.3 Å². The van der Waals surface area contributed by atoms with Crippen molar-refractivity contribution in [3.8, 4) is 11.5 Å². The lowest BCUT2D eigenvalue weighted by atomic mass is 10.2. The van der Waals surface area contributed by atoms with Gasteiger partial charge in [0.2, 0.25) is 0 Å².